The van der Waals surface area contributed by atoms with E-state index in [1.54, 1.807) is 0 Å². The molecule has 0 bridgehead atoms. The van der Waals surface area contributed by atoms with Gasteiger partial charge in [0, 0.05) is 4.47 Å². The van der Waals surface area contributed by atoms with Crippen molar-refractivity contribution in [3.8, 4) is 0 Å². The Balaban J connectivity index is 2.51. The minimum atomic E-state index is -0.982. The lowest BCUT2D eigenvalue weighted by molar-refractivity contribution is -0.138. The average Bonchev–Trinajstić information content (AvgIpc) is 2.32. The summed E-state index contributed by atoms with van der Waals surface area (Å²) in [6, 6.07) is 10.9. The zero-order chi connectivity index (χ0) is 12.4. The number of halogens is 1. The van der Waals surface area contributed by atoms with E-state index in [1.165, 1.54) is 0 Å². The summed E-state index contributed by atoms with van der Waals surface area (Å²) in [4.78, 5) is 10.8. The lowest BCUT2D eigenvalue weighted by Crippen LogP contribution is -2.32. The normalized spacial score (nSPS) is 12.6. The average molecular weight is 294 g/mol. The Labute approximate surface area is 107 Å². The maximum Gasteiger partial charge on any atom is 0.320 e. The molecule has 0 saturated heterocycles. The van der Waals surface area contributed by atoms with Crippen molar-refractivity contribution < 1.29 is 9.90 Å². The first-order valence-corrected chi connectivity index (χ1v) is 6.03. The summed E-state index contributed by atoms with van der Waals surface area (Å²) >= 11 is 3.45. The van der Waals surface area contributed by atoms with Crippen LogP contribution in [0.3, 0.4) is 0 Å². The summed E-state index contributed by atoms with van der Waals surface area (Å²) in [6.45, 7) is 0. The van der Waals surface area contributed by atoms with Gasteiger partial charge in [0.1, 0.15) is 6.04 Å². The van der Waals surface area contributed by atoms with Crippen molar-refractivity contribution in [2.75, 3.05) is 0 Å². The van der Waals surface area contributed by atoms with Crippen LogP contribution in [0.1, 0.15) is 5.56 Å². The molecule has 0 aliphatic heterocycles. The summed E-state index contributed by atoms with van der Waals surface area (Å²) in [5, 5.41) is 11.0. The van der Waals surface area contributed by atoms with Crippen molar-refractivity contribution in [3.05, 3.63) is 46.4 Å². The number of nitrogens with two attached hydrogens (primary N) is 1. The second-order valence-electron chi connectivity index (χ2n) is 3.90. The standard InChI is InChI=1S/C13H12BrNO2/c14-11-6-5-8-3-1-2-4-9(8)10(11)7-12(15)13(16)17/h1-6,12H,7,15H2,(H,16,17)/t12-/m0/s1. The van der Waals surface area contributed by atoms with Gasteiger partial charge in [-0.1, -0.05) is 46.3 Å². The lowest BCUT2D eigenvalue weighted by atomic mass is 9.99. The molecule has 0 aromatic heterocycles. The van der Waals surface area contributed by atoms with Crippen LogP contribution in [-0.4, -0.2) is 17.1 Å². The van der Waals surface area contributed by atoms with Crippen molar-refractivity contribution in [2.24, 2.45) is 5.73 Å². The van der Waals surface area contributed by atoms with Gasteiger partial charge in [0.05, 0.1) is 0 Å². The molecule has 3 N–H and O–H groups in total. The summed E-state index contributed by atoms with van der Waals surface area (Å²) in [6.07, 6.45) is 0.317. The monoisotopic (exact) mass is 293 g/mol. The molecule has 2 aromatic rings. The smallest absolute Gasteiger partial charge is 0.320 e. The number of carboxylic acid groups (broad SMARTS) is 1. The highest BCUT2D eigenvalue weighted by molar-refractivity contribution is 9.10. The zero-order valence-electron chi connectivity index (χ0n) is 9.06. The molecule has 17 heavy (non-hydrogen) atoms. The summed E-state index contributed by atoms with van der Waals surface area (Å²) < 4.78 is 0.896. The van der Waals surface area contributed by atoms with Gasteiger partial charge in [0.2, 0.25) is 0 Å². The molecule has 0 heterocycles. The van der Waals surface area contributed by atoms with E-state index in [0.29, 0.717) is 6.42 Å². The van der Waals surface area contributed by atoms with Gasteiger partial charge in [0.25, 0.3) is 0 Å². The van der Waals surface area contributed by atoms with Gasteiger partial charge >= 0.3 is 5.97 Å². The van der Waals surface area contributed by atoms with Gasteiger partial charge in [-0.2, -0.15) is 0 Å². The van der Waals surface area contributed by atoms with Gasteiger partial charge in [-0.25, -0.2) is 0 Å². The van der Waals surface area contributed by atoms with E-state index in [4.69, 9.17) is 10.8 Å². The van der Waals surface area contributed by atoms with Crippen molar-refractivity contribution >= 4 is 32.7 Å². The Bertz CT molecular complexity index is 568. The summed E-state index contributed by atoms with van der Waals surface area (Å²) in [7, 11) is 0. The third-order valence-electron chi connectivity index (χ3n) is 2.72. The van der Waals surface area contributed by atoms with Crippen molar-refractivity contribution in [1.82, 2.24) is 0 Å². The molecule has 0 unspecified atom stereocenters. The molecule has 0 amide bonds. The summed E-state index contributed by atoms with van der Waals surface area (Å²) in [5.41, 5.74) is 6.53. The molecule has 0 radical (unpaired) electrons. The van der Waals surface area contributed by atoms with E-state index in [2.05, 4.69) is 15.9 Å². The number of carboxylic acids is 1. The number of benzene rings is 2. The first-order valence-electron chi connectivity index (χ1n) is 5.24. The number of fused-ring (bicyclic) bond motifs is 1. The number of carbonyl (C=O) groups is 1. The fourth-order valence-electron chi connectivity index (χ4n) is 1.82. The van der Waals surface area contributed by atoms with Gasteiger partial charge in [-0.3, -0.25) is 4.79 Å². The Morgan fingerprint density at radius 3 is 2.71 bits per heavy atom. The van der Waals surface area contributed by atoms with Crippen LogP contribution in [0.15, 0.2) is 40.9 Å². The van der Waals surface area contributed by atoms with E-state index in [-0.39, 0.29) is 0 Å². The van der Waals surface area contributed by atoms with Crippen LogP contribution < -0.4 is 5.73 Å². The van der Waals surface area contributed by atoms with Gasteiger partial charge < -0.3 is 10.8 Å². The zero-order valence-corrected chi connectivity index (χ0v) is 10.6. The topological polar surface area (TPSA) is 63.3 Å². The minimum Gasteiger partial charge on any atom is -0.480 e. The number of hydrogen-bond acceptors (Lipinski definition) is 2. The molecular formula is C13H12BrNO2. The summed E-state index contributed by atoms with van der Waals surface area (Å²) in [5.74, 6) is -0.982. The maximum absolute atomic E-state index is 10.8. The van der Waals surface area contributed by atoms with Crippen molar-refractivity contribution in [3.63, 3.8) is 0 Å². The minimum absolute atomic E-state index is 0.317. The third kappa shape index (κ3) is 2.48. The molecule has 2 aromatic carbocycles. The van der Waals surface area contributed by atoms with Gasteiger partial charge in [-0.15, -0.1) is 0 Å². The van der Waals surface area contributed by atoms with E-state index in [0.717, 1.165) is 20.8 Å². The van der Waals surface area contributed by atoms with E-state index in [1.807, 2.05) is 36.4 Å². The molecule has 0 aliphatic rings. The van der Waals surface area contributed by atoms with Crippen LogP contribution >= 0.6 is 15.9 Å². The van der Waals surface area contributed by atoms with Gasteiger partial charge in [-0.05, 0) is 28.8 Å². The van der Waals surface area contributed by atoms with Crippen LogP contribution in [0, 0.1) is 0 Å². The number of rotatable bonds is 3. The molecule has 88 valence electrons. The largest absolute Gasteiger partial charge is 0.480 e. The number of aliphatic carboxylic acids is 1. The first kappa shape index (κ1) is 12.1. The molecule has 0 aliphatic carbocycles. The van der Waals surface area contributed by atoms with E-state index >= 15 is 0 Å². The second kappa shape index (κ2) is 4.85. The fourth-order valence-corrected chi connectivity index (χ4v) is 2.33. The van der Waals surface area contributed by atoms with Crippen molar-refractivity contribution in [2.45, 2.75) is 12.5 Å². The van der Waals surface area contributed by atoms with Crippen molar-refractivity contribution in [1.29, 1.82) is 0 Å². The molecular weight excluding hydrogens is 282 g/mol. The quantitative estimate of drug-likeness (QED) is 0.914. The highest BCUT2D eigenvalue weighted by atomic mass is 79.9. The first-order chi connectivity index (χ1) is 8.09. The molecule has 0 fully saturated rings. The molecule has 0 saturated carbocycles. The van der Waals surface area contributed by atoms with E-state index in [9.17, 15) is 4.79 Å². The van der Waals surface area contributed by atoms with Gasteiger partial charge in [0.15, 0.2) is 0 Å². The Morgan fingerprint density at radius 2 is 2.00 bits per heavy atom. The molecule has 4 heteroatoms. The predicted molar refractivity (Wildman–Crippen MR) is 71.0 cm³/mol. The Hall–Kier alpha value is -1.39. The third-order valence-corrected chi connectivity index (χ3v) is 3.47. The maximum atomic E-state index is 10.8. The highest BCUT2D eigenvalue weighted by Crippen LogP contribution is 2.27. The molecule has 0 spiro atoms. The second-order valence-corrected chi connectivity index (χ2v) is 4.75. The van der Waals surface area contributed by atoms with Crippen LogP contribution in [0.4, 0.5) is 0 Å². The highest BCUT2D eigenvalue weighted by Gasteiger charge is 2.15. The van der Waals surface area contributed by atoms with Crippen LogP contribution in [0.25, 0.3) is 10.8 Å². The predicted octanol–water partition coefficient (Wildman–Crippen LogP) is 2.56. The lowest BCUT2D eigenvalue weighted by Gasteiger charge is -2.11. The van der Waals surface area contributed by atoms with Crippen LogP contribution in [0.2, 0.25) is 0 Å². The Kier molecular flexibility index (Phi) is 3.45. The molecule has 1 atom stereocenters. The van der Waals surface area contributed by atoms with Crippen LogP contribution in [-0.2, 0) is 11.2 Å². The Morgan fingerprint density at radius 1 is 1.29 bits per heavy atom. The number of hydrogen-bond donors (Lipinski definition) is 2. The molecule has 2 rings (SSSR count). The molecule has 3 nitrogen and oxygen atoms in total. The SMILES string of the molecule is N[C@@H](Cc1c(Br)ccc2ccccc12)C(=O)O. The van der Waals surface area contributed by atoms with E-state index < -0.39 is 12.0 Å². The van der Waals surface area contributed by atoms with Crippen LogP contribution in [0.5, 0.6) is 0 Å². The fraction of sp³-hybridized carbons (Fsp3) is 0.154.